The van der Waals surface area contributed by atoms with Gasteiger partial charge in [0.2, 0.25) is 0 Å². The number of nitrogens with zero attached hydrogens (tertiary/aromatic N) is 2. The van der Waals surface area contributed by atoms with Gasteiger partial charge < -0.3 is 10.1 Å². The van der Waals surface area contributed by atoms with E-state index in [0.29, 0.717) is 0 Å². The molecule has 0 fully saturated rings. The van der Waals surface area contributed by atoms with Gasteiger partial charge in [-0.3, -0.25) is 0 Å². The van der Waals surface area contributed by atoms with Crippen molar-refractivity contribution >= 4 is 21.7 Å². The lowest BCUT2D eigenvalue weighted by atomic mass is 10.2. The highest BCUT2D eigenvalue weighted by atomic mass is 79.9. The van der Waals surface area contributed by atoms with Gasteiger partial charge in [-0.25, -0.2) is 9.97 Å². The Hall–Kier alpha value is -0.680. The van der Waals surface area contributed by atoms with Crippen LogP contribution in [-0.2, 0) is 4.74 Å². The highest BCUT2D eigenvalue weighted by Crippen LogP contribution is 2.11. The molecule has 1 N–H and O–H groups in total. The predicted octanol–water partition coefficient (Wildman–Crippen LogP) is 2.78. The standard InChI is InChI=1S/C11H18BrN3O/c1-9-14-10(12)8-11(15-9)13-6-4-3-5-7-16-2/h8H,3-7H2,1-2H3,(H,13,14,15). The lowest BCUT2D eigenvalue weighted by Crippen LogP contribution is -2.05. The van der Waals surface area contributed by atoms with E-state index in [1.165, 1.54) is 6.42 Å². The first-order valence-electron chi connectivity index (χ1n) is 5.46. The van der Waals surface area contributed by atoms with Crippen molar-refractivity contribution < 1.29 is 4.74 Å². The number of nitrogens with one attached hydrogen (secondary N) is 1. The van der Waals surface area contributed by atoms with Crippen molar-refractivity contribution in [2.24, 2.45) is 0 Å². The molecule has 16 heavy (non-hydrogen) atoms. The molecule has 0 aromatic carbocycles. The first-order valence-corrected chi connectivity index (χ1v) is 6.25. The lowest BCUT2D eigenvalue weighted by Gasteiger charge is -2.06. The van der Waals surface area contributed by atoms with Crippen molar-refractivity contribution in [1.29, 1.82) is 0 Å². The number of hydrogen-bond donors (Lipinski definition) is 1. The second-order valence-corrected chi connectivity index (χ2v) is 4.42. The summed E-state index contributed by atoms with van der Waals surface area (Å²) in [6.45, 7) is 3.67. The number of methoxy groups -OCH3 is 1. The number of unbranched alkanes of at least 4 members (excludes halogenated alkanes) is 2. The molecular formula is C11H18BrN3O. The highest BCUT2D eigenvalue weighted by molar-refractivity contribution is 9.10. The van der Waals surface area contributed by atoms with Crippen LogP contribution in [0.2, 0.25) is 0 Å². The number of rotatable bonds is 7. The third-order valence-corrected chi connectivity index (χ3v) is 2.54. The fraction of sp³-hybridized carbons (Fsp3) is 0.636. The summed E-state index contributed by atoms with van der Waals surface area (Å²) in [4.78, 5) is 8.44. The minimum absolute atomic E-state index is 0.774. The van der Waals surface area contributed by atoms with Crippen LogP contribution in [0.3, 0.4) is 0 Å². The van der Waals surface area contributed by atoms with Crippen molar-refractivity contribution in [3.63, 3.8) is 0 Å². The third kappa shape index (κ3) is 5.42. The molecule has 0 aliphatic rings. The minimum Gasteiger partial charge on any atom is -0.385 e. The summed E-state index contributed by atoms with van der Waals surface area (Å²) in [7, 11) is 1.74. The predicted molar refractivity (Wildman–Crippen MR) is 68.7 cm³/mol. The average Bonchev–Trinajstić information content (AvgIpc) is 2.22. The molecule has 1 aromatic rings. The van der Waals surface area contributed by atoms with E-state index in [1.54, 1.807) is 7.11 Å². The van der Waals surface area contributed by atoms with Gasteiger partial charge in [0.1, 0.15) is 16.2 Å². The Labute approximate surface area is 105 Å². The zero-order valence-corrected chi connectivity index (χ0v) is 11.4. The molecule has 0 aliphatic heterocycles. The van der Waals surface area contributed by atoms with Gasteiger partial charge in [0.15, 0.2) is 0 Å². The first kappa shape index (κ1) is 13.4. The van der Waals surface area contributed by atoms with Gasteiger partial charge in [-0.15, -0.1) is 0 Å². The maximum atomic E-state index is 4.99. The minimum atomic E-state index is 0.774. The summed E-state index contributed by atoms with van der Waals surface area (Å²) in [6, 6.07) is 1.89. The molecule has 0 amide bonds. The van der Waals surface area contributed by atoms with Crippen molar-refractivity contribution in [2.45, 2.75) is 26.2 Å². The summed E-state index contributed by atoms with van der Waals surface area (Å²) in [5.41, 5.74) is 0. The van der Waals surface area contributed by atoms with E-state index in [2.05, 4.69) is 31.2 Å². The van der Waals surface area contributed by atoms with Gasteiger partial charge in [0.05, 0.1) is 0 Å². The Kier molecular flexibility index (Phi) is 6.33. The molecule has 4 nitrogen and oxygen atoms in total. The monoisotopic (exact) mass is 287 g/mol. The van der Waals surface area contributed by atoms with Crippen LogP contribution in [-0.4, -0.2) is 30.2 Å². The van der Waals surface area contributed by atoms with Crippen LogP contribution < -0.4 is 5.32 Å². The number of ether oxygens (including phenoxy) is 1. The normalized spacial score (nSPS) is 10.4. The maximum absolute atomic E-state index is 4.99. The summed E-state index contributed by atoms with van der Waals surface area (Å²) < 4.78 is 5.81. The smallest absolute Gasteiger partial charge is 0.130 e. The van der Waals surface area contributed by atoms with E-state index in [9.17, 15) is 0 Å². The molecule has 0 unspecified atom stereocenters. The Bertz CT molecular complexity index is 300. The van der Waals surface area contributed by atoms with Crippen molar-refractivity contribution in [3.05, 3.63) is 16.5 Å². The molecule has 0 saturated carbocycles. The number of anilines is 1. The van der Waals surface area contributed by atoms with E-state index in [-0.39, 0.29) is 0 Å². The van der Waals surface area contributed by atoms with Gasteiger partial charge >= 0.3 is 0 Å². The van der Waals surface area contributed by atoms with E-state index >= 15 is 0 Å². The van der Waals surface area contributed by atoms with Crippen LogP contribution in [0, 0.1) is 6.92 Å². The second kappa shape index (κ2) is 7.57. The van der Waals surface area contributed by atoms with Crippen LogP contribution in [0.4, 0.5) is 5.82 Å². The largest absolute Gasteiger partial charge is 0.385 e. The SMILES string of the molecule is COCCCCCNc1cc(Br)nc(C)n1. The molecule has 0 aliphatic carbocycles. The maximum Gasteiger partial charge on any atom is 0.130 e. The Morgan fingerprint density at radius 2 is 2.12 bits per heavy atom. The molecule has 5 heteroatoms. The average molecular weight is 288 g/mol. The Morgan fingerprint density at radius 3 is 2.81 bits per heavy atom. The molecule has 1 rings (SSSR count). The van der Waals surface area contributed by atoms with Gasteiger partial charge in [0.25, 0.3) is 0 Å². The van der Waals surface area contributed by atoms with Crippen LogP contribution in [0.1, 0.15) is 25.1 Å². The van der Waals surface area contributed by atoms with Crippen molar-refractivity contribution in [3.8, 4) is 0 Å². The molecule has 0 radical (unpaired) electrons. The lowest BCUT2D eigenvalue weighted by molar-refractivity contribution is 0.192. The topological polar surface area (TPSA) is 47.0 Å². The van der Waals surface area contributed by atoms with Crippen LogP contribution in [0.5, 0.6) is 0 Å². The van der Waals surface area contributed by atoms with Crippen LogP contribution in [0.25, 0.3) is 0 Å². The van der Waals surface area contributed by atoms with Crippen LogP contribution >= 0.6 is 15.9 Å². The molecular weight excluding hydrogens is 270 g/mol. The molecule has 1 heterocycles. The summed E-state index contributed by atoms with van der Waals surface area (Å²) in [5, 5.41) is 3.28. The van der Waals surface area contributed by atoms with Gasteiger partial charge in [-0.1, -0.05) is 0 Å². The number of halogens is 1. The van der Waals surface area contributed by atoms with Crippen molar-refractivity contribution in [1.82, 2.24) is 9.97 Å². The highest BCUT2D eigenvalue weighted by Gasteiger charge is 1.98. The summed E-state index contributed by atoms with van der Waals surface area (Å²) in [5.74, 6) is 1.65. The third-order valence-electron chi connectivity index (χ3n) is 2.14. The molecule has 1 aromatic heterocycles. The quantitative estimate of drug-likeness (QED) is 0.619. The summed E-state index contributed by atoms with van der Waals surface area (Å²) >= 11 is 3.35. The molecule has 90 valence electrons. The van der Waals surface area contributed by atoms with E-state index in [1.807, 2.05) is 13.0 Å². The fourth-order valence-corrected chi connectivity index (χ4v) is 1.86. The zero-order chi connectivity index (χ0) is 11.8. The van der Waals surface area contributed by atoms with E-state index in [4.69, 9.17) is 4.74 Å². The second-order valence-electron chi connectivity index (χ2n) is 3.60. The Morgan fingerprint density at radius 1 is 1.31 bits per heavy atom. The molecule has 0 spiro atoms. The van der Waals surface area contributed by atoms with E-state index in [0.717, 1.165) is 42.2 Å². The Balaban J connectivity index is 2.21. The summed E-state index contributed by atoms with van der Waals surface area (Å²) in [6.07, 6.45) is 3.42. The molecule has 0 saturated heterocycles. The van der Waals surface area contributed by atoms with Crippen LogP contribution in [0.15, 0.2) is 10.7 Å². The number of aryl methyl sites for hydroxylation is 1. The van der Waals surface area contributed by atoms with Gasteiger partial charge in [-0.2, -0.15) is 0 Å². The first-order chi connectivity index (χ1) is 7.72. The fourth-order valence-electron chi connectivity index (χ4n) is 1.39. The number of hydrogen-bond acceptors (Lipinski definition) is 4. The molecule has 0 atom stereocenters. The molecule has 0 bridgehead atoms. The van der Waals surface area contributed by atoms with Gasteiger partial charge in [-0.05, 0) is 42.1 Å². The van der Waals surface area contributed by atoms with Gasteiger partial charge in [0, 0.05) is 26.3 Å². The van der Waals surface area contributed by atoms with Crippen molar-refractivity contribution in [2.75, 3.05) is 25.6 Å². The zero-order valence-electron chi connectivity index (χ0n) is 9.79. The number of aromatic nitrogens is 2. The van der Waals surface area contributed by atoms with E-state index < -0.39 is 0 Å².